The number of benzene rings is 1. The molecule has 6 nitrogen and oxygen atoms in total. The van der Waals surface area contributed by atoms with Crippen LogP contribution in [0.25, 0.3) is 0 Å². The summed E-state index contributed by atoms with van der Waals surface area (Å²) in [5, 5.41) is 3.37. The highest BCUT2D eigenvalue weighted by Crippen LogP contribution is 2.19. The van der Waals surface area contributed by atoms with Crippen LogP contribution in [-0.2, 0) is 21.4 Å². The van der Waals surface area contributed by atoms with Gasteiger partial charge in [0.15, 0.2) is 0 Å². The lowest BCUT2D eigenvalue weighted by atomic mass is 10.2. The number of carbonyl (C=O) groups is 1. The fourth-order valence-corrected chi connectivity index (χ4v) is 3.30. The van der Waals surface area contributed by atoms with Gasteiger partial charge in [-0.2, -0.15) is 4.31 Å². The lowest BCUT2D eigenvalue weighted by Crippen LogP contribution is -2.32. The second-order valence-electron chi connectivity index (χ2n) is 5.72. The van der Waals surface area contributed by atoms with Crippen molar-refractivity contribution < 1.29 is 13.2 Å². The number of aromatic nitrogens is 1. The Morgan fingerprint density at radius 3 is 2.68 bits per heavy atom. The van der Waals surface area contributed by atoms with E-state index < -0.39 is 10.0 Å². The zero-order valence-electron chi connectivity index (χ0n) is 14.1. The predicted molar refractivity (Wildman–Crippen MR) is 98.9 cm³/mol. The van der Waals surface area contributed by atoms with E-state index in [-0.39, 0.29) is 25.4 Å². The third-order valence-electron chi connectivity index (χ3n) is 3.60. The maximum absolute atomic E-state index is 12.2. The number of nitrogens with zero attached hydrogens (tertiary/aromatic N) is 2. The minimum absolute atomic E-state index is 0.0510. The van der Waals surface area contributed by atoms with Crippen molar-refractivity contribution >= 4 is 33.2 Å². The van der Waals surface area contributed by atoms with E-state index >= 15 is 0 Å². The topological polar surface area (TPSA) is 79.4 Å². The fraction of sp³-hybridized carbons (Fsp3) is 0.294. The van der Waals surface area contributed by atoms with Crippen molar-refractivity contribution in [3.05, 3.63) is 58.9 Å². The maximum atomic E-state index is 12.2. The summed E-state index contributed by atoms with van der Waals surface area (Å²) in [5.74, 6) is -0.259. The van der Waals surface area contributed by atoms with Gasteiger partial charge in [0.1, 0.15) is 0 Å². The Morgan fingerprint density at radius 1 is 1.32 bits per heavy atom. The Morgan fingerprint density at radius 2 is 2.08 bits per heavy atom. The third kappa shape index (κ3) is 6.12. The molecule has 0 spiro atoms. The first-order chi connectivity index (χ1) is 11.8. The molecule has 1 heterocycles. The highest BCUT2D eigenvalue weighted by Gasteiger charge is 2.18. The first kappa shape index (κ1) is 19.4. The van der Waals surface area contributed by atoms with Crippen LogP contribution in [0.4, 0.5) is 5.69 Å². The Hall–Kier alpha value is -1.96. The number of sulfonamides is 1. The van der Waals surface area contributed by atoms with Crippen molar-refractivity contribution in [3.63, 3.8) is 0 Å². The number of hydrogen-bond acceptors (Lipinski definition) is 4. The van der Waals surface area contributed by atoms with Crippen molar-refractivity contribution in [2.75, 3.05) is 18.1 Å². The summed E-state index contributed by atoms with van der Waals surface area (Å²) in [6.07, 6.45) is 4.41. The van der Waals surface area contributed by atoms with Gasteiger partial charge in [0.05, 0.1) is 6.26 Å². The Kier molecular flexibility index (Phi) is 6.52. The van der Waals surface area contributed by atoms with Gasteiger partial charge in [-0.3, -0.25) is 9.78 Å². The molecule has 0 aliphatic carbocycles. The van der Waals surface area contributed by atoms with Gasteiger partial charge in [0.25, 0.3) is 0 Å². The van der Waals surface area contributed by atoms with E-state index in [2.05, 4.69) is 10.3 Å². The third-order valence-corrected chi connectivity index (χ3v) is 5.09. The molecular formula is C17H20ClN3O3S. The van der Waals surface area contributed by atoms with Crippen LogP contribution in [0.3, 0.4) is 0 Å². The first-order valence-corrected chi connectivity index (χ1v) is 9.88. The maximum Gasteiger partial charge on any atom is 0.225 e. The van der Waals surface area contributed by atoms with Crippen LogP contribution in [0.5, 0.6) is 0 Å². The number of rotatable bonds is 7. The fourth-order valence-electron chi connectivity index (χ4n) is 2.26. The Labute approximate surface area is 152 Å². The zero-order valence-corrected chi connectivity index (χ0v) is 15.6. The largest absolute Gasteiger partial charge is 0.326 e. The van der Waals surface area contributed by atoms with Crippen LogP contribution in [0.2, 0.25) is 5.02 Å². The number of aryl methyl sites for hydroxylation is 1. The van der Waals surface area contributed by atoms with Crippen molar-refractivity contribution in [3.8, 4) is 0 Å². The molecule has 25 heavy (non-hydrogen) atoms. The van der Waals surface area contributed by atoms with Gasteiger partial charge < -0.3 is 5.32 Å². The highest BCUT2D eigenvalue weighted by atomic mass is 35.5. The van der Waals surface area contributed by atoms with Crippen LogP contribution in [0, 0.1) is 6.92 Å². The summed E-state index contributed by atoms with van der Waals surface area (Å²) >= 11 is 5.89. The Bertz CT molecular complexity index is 841. The molecule has 0 atom stereocenters. The molecule has 0 saturated heterocycles. The van der Waals surface area contributed by atoms with Crippen molar-refractivity contribution in [1.82, 2.24) is 9.29 Å². The molecule has 2 aromatic rings. The average Bonchev–Trinajstić information content (AvgIpc) is 2.54. The van der Waals surface area contributed by atoms with Crippen molar-refractivity contribution in [2.45, 2.75) is 19.9 Å². The van der Waals surface area contributed by atoms with Gasteiger partial charge in [-0.25, -0.2) is 8.42 Å². The van der Waals surface area contributed by atoms with Gasteiger partial charge in [-0.1, -0.05) is 17.7 Å². The number of carbonyl (C=O) groups excluding carboxylic acids is 1. The van der Waals surface area contributed by atoms with Crippen molar-refractivity contribution in [2.24, 2.45) is 0 Å². The summed E-state index contributed by atoms with van der Waals surface area (Å²) in [7, 11) is -3.44. The molecule has 1 amide bonds. The molecule has 0 aliphatic rings. The SMILES string of the molecule is Cc1cc(Cl)ccc1NC(=O)CCN(Cc1cccnc1)S(C)(=O)=O. The molecule has 2 rings (SSSR count). The summed E-state index contributed by atoms with van der Waals surface area (Å²) in [5.41, 5.74) is 2.27. The second-order valence-corrected chi connectivity index (χ2v) is 8.13. The van der Waals surface area contributed by atoms with Gasteiger partial charge in [0, 0.05) is 42.6 Å². The molecule has 0 bridgehead atoms. The molecule has 0 aliphatic heterocycles. The molecule has 1 aromatic heterocycles. The molecule has 1 N–H and O–H groups in total. The van der Waals surface area contributed by atoms with Crippen LogP contribution in [-0.4, -0.2) is 36.4 Å². The van der Waals surface area contributed by atoms with Crippen LogP contribution >= 0.6 is 11.6 Å². The molecule has 1 aromatic carbocycles. The lowest BCUT2D eigenvalue weighted by molar-refractivity contribution is -0.116. The van der Waals surface area contributed by atoms with Gasteiger partial charge in [0.2, 0.25) is 15.9 Å². The van der Waals surface area contributed by atoms with Gasteiger partial charge in [-0.05, 0) is 42.3 Å². The number of nitrogens with one attached hydrogen (secondary N) is 1. The normalized spacial score (nSPS) is 11.5. The van der Waals surface area contributed by atoms with Crippen LogP contribution in [0.15, 0.2) is 42.7 Å². The first-order valence-electron chi connectivity index (χ1n) is 7.66. The lowest BCUT2D eigenvalue weighted by Gasteiger charge is -2.19. The minimum Gasteiger partial charge on any atom is -0.326 e. The minimum atomic E-state index is -3.44. The molecule has 0 fully saturated rings. The number of anilines is 1. The summed E-state index contributed by atoms with van der Waals surface area (Å²) in [6, 6.07) is 8.70. The monoisotopic (exact) mass is 381 g/mol. The van der Waals surface area contributed by atoms with E-state index in [1.165, 1.54) is 4.31 Å². The summed E-state index contributed by atoms with van der Waals surface area (Å²) in [4.78, 5) is 16.1. The average molecular weight is 382 g/mol. The summed E-state index contributed by atoms with van der Waals surface area (Å²) < 4.78 is 25.2. The van der Waals surface area contributed by atoms with Gasteiger partial charge in [-0.15, -0.1) is 0 Å². The second kappa shape index (κ2) is 8.42. The zero-order chi connectivity index (χ0) is 18.4. The quantitative estimate of drug-likeness (QED) is 0.799. The van der Waals surface area contributed by atoms with E-state index in [4.69, 9.17) is 11.6 Å². The smallest absolute Gasteiger partial charge is 0.225 e. The van der Waals surface area contributed by atoms with E-state index in [1.807, 2.05) is 6.92 Å². The van der Waals surface area contributed by atoms with Gasteiger partial charge >= 0.3 is 0 Å². The summed E-state index contributed by atoms with van der Waals surface area (Å²) in [6.45, 7) is 2.11. The molecular weight excluding hydrogens is 362 g/mol. The van der Waals surface area contributed by atoms with E-state index in [1.54, 1.807) is 42.7 Å². The van der Waals surface area contributed by atoms with E-state index in [0.29, 0.717) is 10.7 Å². The number of pyridine rings is 1. The van der Waals surface area contributed by atoms with Crippen LogP contribution in [0.1, 0.15) is 17.5 Å². The van der Waals surface area contributed by atoms with E-state index in [0.717, 1.165) is 17.4 Å². The standard InChI is InChI=1S/C17H20ClN3O3S/c1-13-10-15(18)5-6-16(13)20-17(22)7-9-21(25(2,23)24)12-14-4-3-8-19-11-14/h3-6,8,10-11H,7,9,12H2,1-2H3,(H,20,22). The molecule has 0 radical (unpaired) electrons. The van der Waals surface area contributed by atoms with Crippen molar-refractivity contribution in [1.29, 1.82) is 0 Å². The molecule has 8 heteroatoms. The van der Waals surface area contributed by atoms with Crippen LogP contribution < -0.4 is 5.32 Å². The predicted octanol–water partition coefficient (Wildman–Crippen LogP) is 2.83. The van der Waals surface area contributed by atoms with E-state index in [9.17, 15) is 13.2 Å². The Balaban J connectivity index is 1.99. The molecule has 134 valence electrons. The number of halogens is 1. The highest BCUT2D eigenvalue weighted by molar-refractivity contribution is 7.88. The number of hydrogen-bond donors (Lipinski definition) is 1. The molecule has 0 saturated carbocycles. The molecule has 0 unspecified atom stereocenters. The number of amides is 1.